The van der Waals surface area contributed by atoms with Crippen molar-refractivity contribution >= 4 is 16.7 Å². The molecule has 1 aliphatic carbocycles. The predicted molar refractivity (Wildman–Crippen MR) is 81.3 cm³/mol. The summed E-state index contributed by atoms with van der Waals surface area (Å²) in [6.07, 6.45) is 2.48. The van der Waals surface area contributed by atoms with Crippen LogP contribution in [-0.4, -0.2) is 25.7 Å². The van der Waals surface area contributed by atoms with E-state index in [1.165, 1.54) is 25.3 Å². The van der Waals surface area contributed by atoms with Crippen LogP contribution in [-0.2, 0) is 16.1 Å². The lowest BCUT2D eigenvalue weighted by Gasteiger charge is -2.14. The molecule has 0 heterocycles. The van der Waals surface area contributed by atoms with Gasteiger partial charge in [-0.15, -0.1) is 0 Å². The molecule has 2 aromatic rings. The highest BCUT2D eigenvalue weighted by atomic mass is 16.6. The summed E-state index contributed by atoms with van der Waals surface area (Å²) in [4.78, 5) is 11.3. The molecule has 0 spiro atoms. The zero-order valence-corrected chi connectivity index (χ0v) is 12.1. The molecule has 21 heavy (non-hydrogen) atoms. The van der Waals surface area contributed by atoms with E-state index in [1.807, 2.05) is 24.3 Å². The first kappa shape index (κ1) is 13.9. The Labute approximate surface area is 124 Å². The van der Waals surface area contributed by atoms with E-state index >= 15 is 0 Å². The van der Waals surface area contributed by atoms with Crippen LogP contribution in [0.5, 0.6) is 5.75 Å². The topological polar surface area (TPSA) is 47.6 Å². The Hall–Kier alpha value is -2.07. The molecule has 1 N–H and O–H groups in total. The van der Waals surface area contributed by atoms with Crippen molar-refractivity contribution in [3.8, 4) is 5.75 Å². The van der Waals surface area contributed by atoms with Crippen LogP contribution < -0.4 is 10.1 Å². The minimum absolute atomic E-state index is 0.0642. The van der Waals surface area contributed by atoms with Crippen LogP contribution in [0.3, 0.4) is 0 Å². The standard InChI is InChI=1S/C17H19NO3/c1-20-17(19)11-21-16-9-6-12-4-2-3-5-14(12)15(16)10-18-13-7-8-13/h2-6,9,13,18H,7-8,10-11H2,1H3. The van der Waals surface area contributed by atoms with Crippen molar-refractivity contribution in [1.29, 1.82) is 0 Å². The van der Waals surface area contributed by atoms with Crippen molar-refractivity contribution in [3.63, 3.8) is 0 Å². The first-order valence-corrected chi connectivity index (χ1v) is 7.21. The van der Waals surface area contributed by atoms with Crippen molar-refractivity contribution in [2.45, 2.75) is 25.4 Å². The summed E-state index contributed by atoms with van der Waals surface area (Å²) in [5.74, 6) is 0.372. The average molecular weight is 285 g/mol. The fourth-order valence-corrected chi connectivity index (χ4v) is 2.36. The maximum Gasteiger partial charge on any atom is 0.343 e. The molecule has 0 aliphatic heterocycles. The second-order valence-corrected chi connectivity index (χ2v) is 5.28. The fourth-order valence-electron chi connectivity index (χ4n) is 2.36. The minimum atomic E-state index is -0.371. The summed E-state index contributed by atoms with van der Waals surface area (Å²) >= 11 is 0. The van der Waals surface area contributed by atoms with Crippen molar-refractivity contribution in [2.24, 2.45) is 0 Å². The quantitative estimate of drug-likeness (QED) is 0.829. The van der Waals surface area contributed by atoms with Gasteiger partial charge in [-0.25, -0.2) is 4.79 Å². The Morgan fingerprint density at radius 2 is 2.05 bits per heavy atom. The van der Waals surface area contributed by atoms with Crippen molar-refractivity contribution in [1.82, 2.24) is 5.32 Å². The summed E-state index contributed by atoms with van der Waals surface area (Å²) in [6, 6.07) is 12.8. The van der Waals surface area contributed by atoms with E-state index in [1.54, 1.807) is 0 Å². The summed E-state index contributed by atoms with van der Waals surface area (Å²) in [5.41, 5.74) is 1.10. The number of esters is 1. The molecule has 0 atom stereocenters. The second-order valence-electron chi connectivity index (χ2n) is 5.28. The van der Waals surface area contributed by atoms with Crippen molar-refractivity contribution in [3.05, 3.63) is 42.0 Å². The second kappa shape index (κ2) is 6.14. The zero-order chi connectivity index (χ0) is 14.7. The summed E-state index contributed by atoms with van der Waals surface area (Å²) < 4.78 is 10.3. The first-order valence-electron chi connectivity index (χ1n) is 7.21. The third-order valence-electron chi connectivity index (χ3n) is 3.72. The predicted octanol–water partition coefficient (Wildman–Crippen LogP) is 2.64. The maximum atomic E-state index is 11.3. The van der Waals surface area contributed by atoms with E-state index in [0.29, 0.717) is 6.04 Å². The number of carbonyl (C=O) groups excluding carboxylic acids is 1. The molecule has 1 saturated carbocycles. The van der Waals surface area contributed by atoms with E-state index in [4.69, 9.17) is 4.74 Å². The molecule has 1 fully saturated rings. The maximum absolute atomic E-state index is 11.3. The van der Waals surface area contributed by atoms with Crippen LogP contribution in [0.25, 0.3) is 10.8 Å². The Morgan fingerprint density at radius 3 is 2.81 bits per heavy atom. The van der Waals surface area contributed by atoms with Crippen LogP contribution in [0.2, 0.25) is 0 Å². The Balaban J connectivity index is 1.88. The van der Waals surface area contributed by atoms with Gasteiger partial charge in [0.05, 0.1) is 7.11 Å². The SMILES string of the molecule is COC(=O)COc1ccc2ccccc2c1CNC1CC1. The first-order chi connectivity index (χ1) is 10.3. The molecule has 0 radical (unpaired) electrons. The number of ether oxygens (including phenoxy) is 2. The molecule has 2 aromatic carbocycles. The lowest BCUT2D eigenvalue weighted by atomic mass is 10.0. The normalized spacial score (nSPS) is 14.1. The number of benzene rings is 2. The molecule has 0 amide bonds. The van der Waals surface area contributed by atoms with E-state index < -0.39 is 0 Å². The Bertz CT molecular complexity index is 650. The molecule has 0 unspecified atom stereocenters. The average Bonchev–Trinajstić information content (AvgIpc) is 3.35. The molecule has 0 saturated heterocycles. The Morgan fingerprint density at radius 1 is 1.24 bits per heavy atom. The van der Waals surface area contributed by atoms with Crippen molar-refractivity contribution < 1.29 is 14.3 Å². The highest BCUT2D eigenvalue weighted by molar-refractivity contribution is 5.87. The highest BCUT2D eigenvalue weighted by Gasteiger charge is 2.21. The molecule has 0 bridgehead atoms. The summed E-state index contributed by atoms with van der Waals surface area (Å²) in [6.45, 7) is 0.688. The van der Waals surface area contributed by atoms with Gasteiger partial charge in [0, 0.05) is 18.2 Å². The number of hydrogen-bond donors (Lipinski definition) is 1. The van der Waals surface area contributed by atoms with Crippen LogP contribution >= 0.6 is 0 Å². The van der Waals surface area contributed by atoms with Gasteiger partial charge in [-0.2, -0.15) is 0 Å². The smallest absolute Gasteiger partial charge is 0.343 e. The van der Waals surface area contributed by atoms with Gasteiger partial charge in [-0.1, -0.05) is 30.3 Å². The van der Waals surface area contributed by atoms with Crippen LogP contribution in [0.15, 0.2) is 36.4 Å². The molecule has 4 heteroatoms. The van der Waals surface area contributed by atoms with Crippen LogP contribution in [0, 0.1) is 0 Å². The van der Waals surface area contributed by atoms with Gasteiger partial charge in [0.1, 0.15) is 5.75 Å². The molecule has 3 rings (SSSR count). The van der Waals surface area contributed by atoms with Gasteiger partial charge < -0.3 is 14.8 Å². The highest BCUT2D eigenvalue weighted by Crippen LogP contribution is 2.29. The number of methoxy groups -OCH3 is 1. The lowest BCUT2D eigenvalue weighted by molar-refractivity contribution is -0.142. The molecular formula is C17H19NO3. The monoisotopic (exact) mass is 285 g/mol. The number of fused-ring (bicyclic) bond motifs is 1. The Kier molecular flexibility index (Phi) is 4.06. The van der Waals surface area contributed by atoms with Gasteiger partial charge in [0.15, 0.2) is 6.61 Å². The van der Waals surface area contributed by atoms with Gasteiger partial charge >= 0.3 is 5.97 Å². The van der Waals surface area contributed by atoms with Gasteiger partial charge in [0.25, 0.3) is 0 Å². The van der Waals surface area contributed by atoms with E-state index in [2.05, 4.69) is 22.2 Å². The number of carbonyl (C=O) groups is 1. The summed E-state index contributed by atoms with van der Waals surface area (Å²) in [7, 11) is 1.36. The fraction of sp³-hybridized carbons (Fsp3) is 0.353. The largest absolute Gasteiger partial charge is 0.482 e. The van der Waals surface area contributed by atoms with E-state index in [-0.39, 0.29) is 12.6 Å². The molecular weight excluding hydrogens is 266 g/mol. The molecule has 1 aliphatic rings. The number of hydrogen-bond acceptors (Lipinski definition) is 4. The lowest BCUT2D eigenvalue weighted by Crippen LogP contribution is -2.18. The number of nitrogens with one attached hydrogen (secondary N) is 1. The molecule has 0 aromatic heterocycles. The van der Waals surface area contributed by atoms with Crippen LogP contribution in [0.1, 0.15) is 18.4 Å². The van der Waals surface area contributed by atoms with Gasteiger partial charge in [-0.05, 0) is 29.7 Å². The zero-order valence-electron chi connectivity index (χ0n) is 12.1. The van der Waals surface area contributed by atoms with E-state index in [9.17, 15) is 4.79 Å². The third-order valence-corrected chi connectivity index (χ3v) is 3.72. The van der Waals surface area contributed by atoms with Gasteiger partial charge in [0.2, 0.25) is 0 Å². The molecule has 4 nitrogen and oxygen atoms in total. The van der Waals surface area contributed by atoms with E-state index in [0.717, 1.165) is 23.2 Å². The van der Waals surface area contributed by atoms with Crippen LogP contribution in [0.4, 0.5) is 0 Å². The third kappa shape index (κ3) is 3.34. The minimum Gasteiger partial charge on any atom is -0.482 e. The van der Waals surface area contributed by atoms with Gasteiger partial charge in [-0.3, -0.25) is 0 Å². The number of rotatable bonds is 6. The summed E-state index contributed by atoms with van der Waals surface area (Å²) in [5, 5.41) is 5.85. The molecule has 110 valence electrons. The van der Waals surface area contributed by atoms with Crippen molar-refractivity contribution in [2.75, 3.05) is 13.7 Å².